The number of nitrogens with one attached hydrogen (secondary N) is 1. The van der Waals surface area contributed by atoms with Gasteiger partial charge in [0.05, 0.1) is 16.9 Å². The molecule has 18 heavy (non-hydrogen) atoms. The van der Waals surface area contributed by atoms with E-state index in [2.05, 4.69) is 4.72 Å². The molecule has 0 fully saturated rings. The number of nitro benzene ring substituents is 1. The van der Waals surface area contributed by atoms with Gasteiger partial charge in [-0.15, -0.1) is 0 Å². The number of hydrogen-bond donors (Lipinski definition) is 1. The first-order valence-corrected chi connectivity index (χ1v) is 6.11. The predicted octanol–water partition coefficient (Wildman–Crippen LogP) is 0.966. The number of rotatable bonds is 6. The van der Waals surface area contributed by atoms with Gasteiger partial charge < -0.3 is 9.90 Å². The van der Waals surface area contributed by atoms with Gasteiger partial charge in [0.25, 0.3) is 5.69 Å². The average molecular weight is 269 g/mol. The fourth-order valence-electron chi connectivity index (χ4n) is 1.28. The van der Waals surface area contributed by atoms with E-state index in [-0.39, 0.29) is 11.6 Å². The lowest BCUT2D eigenvalue weighted by molar-refractivity contribution is -0.387. The maximum absolute atomic E-state index is 10.9. The van der Waals surface area contributed by atoms with Crippen molar-refractivity contribution in [2.24, 2.45) is 5.92 Å². The number of benzene rings is 1. The average Bonchev–Trinajstić information content (AvgIpc) is 2.28. The Kier molecular flexibility index (Phi) is 5.11. The number of nitrogens with zero attached hydrogens (tertiary/aromatic N) is 1. The third kappa shape index (κ3) is 3.71. The summed E-state index contributed by atoms with van der Waals surface area (Å²) in [6.45, 7) is 3.46. The van der Waals surface area contributed by atoms with E-state index >= 15 is 0 Å². The number of carbonyl (C=O) groups excluding carboxylic acids is 1. The Morgan fingerprint density at radius 1 is 1.39 bits per heavy atom. The van der Waals surface area contributed by atoms with Crippen LogP contribution in [0.5, 0.6) is 0 Å². The van der Waals surface area contributed by atoms with Gasteiger partial charge in [0.2, 0.25) is 0 Å². The first-order valence-electron chi connectivity index (χ1n) is 5.30. The Morgan fingerprint density at radius 2 is 2.00 bits per heavy atom. The van der Waals surface area contributed by atoms with Crippen LogP contribution in [0.25, 0.3) is 0 Å². The van der Waals surface area contributed by atoms with E-state index in [1.54, 1.807) is 32.0 Å². The molecule has 1 N–H and O–H groups in total. The Morgan fingerprint density at radius 3 is 2.50 bits per heavy atom. The highest BCUT2D eigenvalue weighted by molar-refractivity contribution is 7.97. The van der Waals surface area contributed by atoms with Crippen LogP contribution in [0.15, 0.2) is 29.2 Å². The number of nitro groups is 1. The second-order valence-electron chi connectivity index (χ2n) is 3.99. The van der Waals surface area contributed by atoms with Crippen molar-refractivity contribution >= 4 is 23.6 Å². The smallest absolute Gasteiger partial charge is 0.284 e. The molecule has 98 valence electrons. The Bertz CT molecular complexity index is 450. The standard InChI is InChI=1S/C11H14N2O4S/c1-7(2)10(11(14)15)12-18-9-6-4-3-5-8(9)13(16)17/h3-7,10,12H,1-2H3,(H,14,15)/p-1/t10-/m0/s1. The van der Waals surface area contributed by atoms with Gasteiger partial charge in [-0.05, 0) is 23.9 Å². The number of carboxylic acid groups (broad SMARTS) is 1. The number of carbonyl (C=O) groups is 1. The maximum Gasteiger partial charge on any atom is 0.284 e. The summed E-state index contributed by atoms with van der Waals surface area (Å²) in [4.78, 5) is 21.5. The minimum Gasteiger partial charge on any atom is -0.548 e. The molecule has 1 aromatic carbocycles. The molecule has 0 aliphatic heterocycles. The van der Waals surface area contributed by atoms with Gasteiger partial charge in [-0.3, -0.25) is 14.8 Å². The van der Waals surface area contributed by atoms with E-state index in [1.807, 2.05) is 0 Å². The molecular formula is C11H13N2O4S-. The van der Waals surface area contributed by atoms with Crippen molar-refractivity contribution in [3.05, 3.63) is 34.4 Å². The fourth-order valence-corrected chi connectivity index (χ4v) is 2.29. The van der Waals surface area contributed by atoms with E-state index in [0.717, 1.165) is 11.9 Å². The molecule has 0 aliphatic carbocycles. The molecule has 1 rings (SSSR count). The van der Waals surface area contributed by atoms with Crippen molar-refractivity contribution in [1.29, 1.82) is 0 Å². The summed E-state index contributed by atoms with van der Waals surface area (Å²) < 4.78 is 2.68. The summed E-state index contributed by atoms with van der Waals surface area (Å²) >= 11 is 0.928. The van der Waals surface area contributed by atoms with Crippen molar-refractivity contribution in [2.75, 3.05) is 0 Å². The molecule has 0 unspecified atom stereocenters. The van der Waals surface area contributed by atoms with Crippen LogP contribution in [-0.2, 0) is 4.79 Å². The molecule has 0 aliphatic rings. The van der Waals surface area contributed by atoms with E-state index in [0.29, 0.717) is 4.90 Å². The molecule has 0 heterocycles. The number of carboxylic acids is 1. The molecule has 0 saturated carbocycles. The van der Waals surface area contributed by atoms with Gasteiger partial charge in [-0.25, -0.2) is 0 Å². The Balaban J connectivity index is 2.79. The monoisotopic (exact) mass is 269 g/mol. The molecule has 0 saturated heterocycles. The van der Waals surface area contributed by atoms with Crippen LogP contribution in [-0.4, -0.2) is 16.9 Å². The van der Waals surface area contributed by atoms with Crippen LogP contribution in [0.3, 0.4) is 0 Å². The number of hydrogen-bond acceptors (Lipinski definition) is 6. The highest BCUT2D eigenvalue weighted by Gasteiger charge is 2.18. The van der Waals surface area contributed by atoms with Crippen molar-refractivity contribution in [1.82, 2.24) is 4.72 Å². The van der Waals surface area contributed by atoms with Crippen LogP contribution in [0.4, 0.5) is 5.69 Å². The largest absolute Gasteiger partial charge is 0.548 e. The van der Waals surface area contributed by atoms with E-state index < -0.39 is 16.9 Å². The van der Waals surface area contributed by atoms with Gasteiger partial charge in [0, 0.05) is 6.07 Å². The van der Waals surface area contributed by atoms with Gasteiger partial charge in [-0.2, -0.15) is 0 Å². The van der Waals surface area contributed by atoms with Crippen molar-refractivity contribution in [3.8, 4) is 0 Å². The molecule has 1 atom stereocenters. The third-order valence-corrected chi connectivity index (χ3v) is 3.22. The first-order chi connectivity index (χ1) is 8.43. The zero-order valence-corrected chi connectivity index (χ0v) is 10.8. The molecule has 0 amide bonds. The Labute approximate surface area is 109 Å². The molecule has 0 spiro atoms. The number of aliphatic carboxylic acids is 1. The summed E-state index contributed by atoms with van der Waals surface area (Å²) in [5, 5.41) is 21.6. The normalized spacial score (nSPS) is 12.4. The minimum absolute atomic E-state index is 0.0594. The fraction of sp³-hybridized carbons (Fsp3) is 0.364. The molecule has 0 aromatic heterocycles. The zero-order chi connectivity index (χ0) is 13.7. The second kappa shape index (κ2) is 6.36. The van der Waals surface area contributed by atoms with Gasteiger partial charge >= 0.3 is 0 Å². The van der Waals surface area contributed by atoms with E-state index in [9.17, 15) is 20.0 Å². The summed E-state index contributed by atoms with van der Waals surface area (Å²) in [7, 11) is 0. The maximum atomic E-state index is 10.9. The van der Waals surface area contributed by atoms with Crippen LogP contribution < -0.4 is 9.83 Å². The lowest BCUT2D eigenvalue weighted by Gasteiger charge is -2.22. The summed E-state index contributed by atoms with van der Waals surface area (Å²) in [6.07, 6.45) is 0. The van der Waals surface area contributed by atoms with Crippen LogP contribution >= 0.6 is 11.9 Å². The van der Waals surface area contributed by atoms with E-state index in [4.69, 9.17) is 0 Å². The second-order valence-corrected chi connectivity index (χ2v) is 4.87. The predicted molar refractivity (Wildman–Crippen MR) is 65.7 cm³/mol. The molecule has 6 nitrogen and oxygen atoms in total. The molecular weight excluding hydrogens is 256 g/mol. The minimum atomic E-state index is -1.23. The summed E-state index contributed by atoms with van der Waals surface area (Å²) in [5.74, 6) is -1.40. The molecule has 1 aromatic rings. The highest BCUT2D eigenvalue weighted by Crippen LogP contribution is 2.27. The van der Waals surface area contributed by atoms with Gasteiger partial charge in [-0.1, -0.05) is 26.0 Å². The lowest BCUT2D eigenvalue weighted by atomic mass is 10.1. The number of para-hydroxylation sites is 1. The Hall–Kier alpha value is -1.60. The van der Waals surface area contributed by atoms with Crippen LogP contribution in [0.2, 0.25) is 0 Å². The SMILES string of the molecule is CC(C)[C@H](NSc1ccccc1[N+](=O)[O-])C(=O)[O-]. The summed E-state index contributed by atoms with van der Waals surface area (Å²) in [5.41, 5.74) is -0.0594. The van der Waals surface area contributed by atoms with Gasteiger partial charge in [0.1, 0.15) is 4.90 Å². The van der Waals surface area contributed by atoms with Crippen molar-refractivity contribution in [3.63, 3.8) is 0 Å². The van der Waals surface area contributed by atoms with Crippen LogP contribution in [0, 0.1) is 16.0 Å². The molecule has 0 radical (unpaired) electrons. The zero-order valence-electron chi connectivity index (χ0n) is 9.95. The van der Waals surface area contributed by atoms with Crippen molar-refractivity contribution in [2.45, 2.75) is 24.8 Å². The lowest BCUT2D eigenvalue weighted by Crippen LogP contribution is -2.46. The molecule has 0 bridgehead atoms. The third-order valence-electron chi connectivity index (χ3n) is 2.28. The van der Waals surface area contributed by atoms with E-state index in [1.165, 1.54) is 6.07 Å². The quantitative estimate of drug-likeness (QED) is 0.469. The van der Waals surface area contributed by atoms with Crippen molar-refractivity contribution < 1.29 is 14.8 Å². The first kappa shape index (κ1) is 14.5. The molecule has 7 heteroatoms. The highest BCUT2D eigenvalue weighted by atomic mass is 32.2. The topological polar surface area (TPSA) is 95.3 Å². The summed E-state index contributed by atoms with van der Waals surface area (Å²) in [6, 6.07) is 5.27. The van der Waals surface area contributed by atoms with Crippen LogP contribution in [0.1, 0.15) is 13.8 Å². The van der Waals surface area contributed by atoms with Gasteiger partial charge in [0.15, 0.2) is 0 Å².